The van der Waals surface area contributed by atoms with Gasteiger partial charge in [-0.3, -0.25) is 13.9 Å². The molecular formula is C30H36ClN3O5S. The van der Waals surface area contributed by atoms with Gasteiger partial charge in [0.15, 0.2) is 0 Å². The van der Waals surface area contributed by atoms with Crippen molar-refractivity contribution in [1.29, 1.82) is 0 Å². The number of sulfonamides is 1. The molecule has 40 heavy (non-hydrogen) atoms. The van der Waals surface area contributed by atoms with Crippen molar-refractivity contribution in [3.63, 3.8) is 0 Å². The Morgan fingerprint density at radius 1 is 0.925 bits per heavy atom. The molecular weight excluding hydrogens is 550 g/mol. The maximum absolute atomic E-state index is 14.0. The van der Waals surface area contributed by atoms with Gasteiger partial charge in [0.1, 0.15) is 18.3 Å². The predicted molar refractivity (Wildman–Crippen MR) is 158 cm³/mol. The molecule has 0 saturated heterocycles. The third kappa shape index (κ3) is 7.76. The number of anilines is 1. The van der Waals surface area contributed by atoms with Crippen LogP contribution in [0.2, 0.25) is 5.02 Å². The van der Waals surface area contributed by atoms with Gasteiger partial charge in [0.2, 0.25) is 11.8 Å². The maximum Gasteiger partial charge on any atom is 0.264 e. The van der Waals surface area contributed by atoms with Crippen LogP contribution in [0.3, 0.4) is 0 Å². The zero-order valence-electron chi connectivity index (χ0n) is 23.2. The number of nitrogens with zero attached hydrogens (tertiary/aromatic N) is 2. The van der Waals surface area contributed by atoms with Crippen molar-refractivity contribution >= 4 is 39.1 Å². The first kappa shape index (κ1) is 31.0. The van der Waals surface area contributed by atoms with Crippen molar-refractivity contribution in [1.82, 2.24) is 10.2 Å². The highest BCUT2D eigenvalue weighted by atomic mass is 35.5. The summed E-state index contributed by atoms with van der Waals surface area (Å²) in [5.41, 5.74) is 1.09. The maximum atomic E-state index is 14.0. The molecule has 1 N–H and O–H groups in total. The van der Waals surface area contributed by atoms with E-state index in [1.165, 1.54) is 24.1 Å². The standard InChI is InChI=1S/C30H36ClN3O5S/c1-5-22(3)32-30(36)28(6-2)33(20-23-10-8-7-9-11-23)29(35)21-34(25-14-12-24(31)13-15-25)40(37,38)27-18-16-26(39-4)17-19-27/h7-19,22,28H,5-6,20-21H2,1-4H3,(H,32,36). The Kier molecular flexibility index (Phi) is 11.0. The lowest BCUT2D eigenvalue weighted by atomic mass is 10.1. The Bertz CT molecular complexity index is 1370. The van der Waals surface area contributed by atoms with Crippen molar-refractivity contribution in [2.24, 2.45) is 0 Å². The number of methoxy groups -OCH3 is 1. The zero-order chi connectivity index (χ0) is 29.3. The van der Waals surface area contributed by atoms with Gasteiger partial charge in [-0.25, -0.2) is 8.42 Å². The van der Waals surface area contributed by atoms with E-state index in [0.717, 1.165) is 16.3 Å². The van der Waals surface area contributed by atoms with Crippen molar-refractivity contribution in [3.05, 3.63) is 89.4 Å². The third-order valence-electron chi connectivity index (χ3n) is 6.62. The van der Waals surface area contributed by atoms with Gasteiger partial charge in [-0.2, -0.15) is 0 Å². The van der Waals surface area contributed by atoms with Crippen LogP contribution in [0.4, 0.5) is 5.69 Å². The summed E-state index contributed by atoms with van der Waals surface area (Å²) in [6, 6.07) is 20.6. The molecule has 214 valence electrons. The molecule has 2 unspecified atom stereocenters. The summed E-state index contributed by atoms with van der Waals surface area (Å²) in [6.45, 7) is 5.32. The molecule has 0 aliphatic rings. The molecule has 0 spiro atoms. The number of halogens is 1. The normalized spacial score (nSPS) is 12.7. The van der Waals surface area contributed by atoms with Crippen molar-refractivity contribution in [2.75, 3.05) is 18.0 Å². The first-order chi connectivity index (χ1) is 19.1. The highest BCUT2D eigenvalue weighted by molar-refractivity contribution is 7.92. The van der Waals surface area contributed by atoms with Crippen molar-refractivity contribution in [3.8, 4) is 5.75 Å². The SMILES string of the molecule is CCC(C)NC(=O)C(CC)N(Cc1ccccc1)C(=O)CN(c1ccc(Cl)cc1)S(=O)(=O)c1ccc(OC)cc1. The van der Waals surface area contributed by atoms with E-state index in [-0.39, 0.29) is 29.1 Å². The van der Waals surface area contributed by atoms with Gasteiger partial charge in [0.25, 0.3) is 10.0 Å². The average Bonchev–Trinajstić information content (AvgIpc) is 2.96. The number of hydrogen-bond donors (Lipinski definition) is 1. The van der Waals surface area contributed by atoms with E-state index >= 15 is 0 Å². The molecule has 8 nitrogen and oxygen atoms in total. The summed E-state index contributed by atoms with van der Waals surface area (Å²) in [5, 5.41) is 3.39. The molecule has 3 aromatic carbocycles. The monoisotopic (exact) mass is 585 g/mol. The number of carbonyl (C=O) groups is 2. The fourth-order valence-electron chi connectivity index (χ4n) is 4.15. The second kappa shape index (κ2) is 14.2. The molecule has 10 heteroatoms. The van der Waals surface area contributed by atoms with Gasteiger partial charge in [0.05, 0.1) is 17.7 Å². The van der Waals surface area contributed by atoms with E-state index < -0.39 is 28.5 Å². The first-order valence-corrected chi connectivity index (χ1v) is 15.0. The summed E-state index contributed by atoms with van der Waals surface area (Å²) >= 11 is 6.07. The fraction of sp³-hybridized carbons (Fsp3) is 0.333. The molecule has 3 aromatic rings. The summed E-state index contributed by atoms with van der Waals surface area (Å²) in [7, 11) is -2.69. The number of ether oxygens (including phenoxy) is 1. The Hall–Kier alpha value is -3.56. The molecule has 0 aliphatic carbocycles. The van der Waals surface area contributed by atoms with Gasteiger partial charge >= 0.3 is 0 Å². The summed E-state index contributed by atoms with van der Waals surface area (Å²) in [5.74, 6) is -0.292. The van der Waals surface area contributed by atoms with Crippen molar-refractivity contribution < 1.29 is 22.7 Å². The summed E-state index contributed by atoms with van der Waals surface area (Å²) in [4.78, 5) is 28.8. The van der Waals surface area contributed by atoms with E-state index in [9.17, 15) is 18.0 Å². The number of nitrogens with one attached hydrogen (secondary N) is 1. The Balaban J connectivity index is 2.04. The van der Waals surface area contributed by atoms with E-state index in [1.54, 1.807) is 36.4 Å². The van der Waals surface area contributed by atoms with E-state index in [2.05, 4.69) is 5.32 Å². The third-order valence-corrected chi connectivity index (χ3v) is 8.66. The molecule has 0 bridgehead atoms. The molecule has 0 saturated carbocycles. The van der Waals surface area contributed by atoms with Crippen LogP contribution in [0.15, 0.2) is 83.8 Å². The molecule has 0 fully saturated rings. The summed E-state index contributed by atoms with van der Waals surface area (Å²) < 4.78 is 34.0. The number of carbonyl (C=O) groups excluding carboxylic acids is 2. The van der Waals surface area contributed by atoms with Crippen LogP contribution in [0.1, 0.15) is 39.2 Å². The Morgan fingerprint density at radius 3 is 2.10 bits per heavy atom. The molecule has 2 atom stereocenters. The minimum absolute atomic E-state index is 0.00721. The smallest absolute Gasteiger partial charge is 0.264 e. The van der Waals surface area contributed by atoms with E-state index in [0.29, 0.717) is 17.2 Å². The van der Waals surface area contributed by atoms with Gasteiger partial charge in [0, 0.05) is 17.6 Å². The predicted octanol–water partition coefficient (Wildman–Crippen LogP) is 5.27. The minimum atomic E-state index is -4.18. The molecule has 0 radical (unpaired) electrons. The van der Waals surface area contributed by atoms with Crippen molar-refractivity contribution in [2.45, 2.75) is 57.1 Å². The van der Waals surface area contributed by atoms with Crippen LogP contribution < -0.4 is 14.4 Å². The van der Waals surface area contributed by atoms with E-state index in [1.807, 2.05) is 51.1 Å². The van der Waals surface area contributed by atoms with Crippen LogP contribution in [-0.2, 0) is 26.2 Å². The first-order valence-electron chi connectivity index (χ1n) is 13.2. The second-order valence-corrected chi connectivity index (χ2v) is 11.7. The topological polar surface area (TPSA) is 96.0 Å². The molecule has 0 aromatic heterocycles. The van der Waals surface area contributed by atoms with Crippen LogP contribution in [0.5, 0.6) is 5.75 Å². The van der Waals surface area contributed by atoms with Gasteiger partial charge in [-0.15, -0.1) is 0 Å². The number of rotatable bonds is 13. The zero-order valence-corrected chi connectivity index (χ0v) is 24.8. The lowest BCUT2D eigenvalue weighted by Gasteiger charge is -2.33. The van der Waals surface area contributed by atoms with Gasteiger partial charge in [-0.05, 0) is 73.9 Å². The highest BCUT2D eigenvalue weighted by Crippen LogP contribution is 2.27. The van der Waals surface area contributed by atoms with E-state index in [4.69, 9.17) is 16.3 Å². The Labute approximate surface area is 241 Å². The average molecular weight is 586 g/mol. The lowest BCUT2D eigenvalue weighted by Crippen LogP contribution is -2.53. The minimum Gasteiger partial charge on any atom is -0.497 e. The quantitative estimate of drug-likeness (QED) is 0.295. The van der Waals surface area contributed by atoms with Gasteiger partial charge < -0.3 is 15.0 Å². The summed E-state index contributed by atoms with van der Waals surface area (Å²) in [6.07, 6.45) is 1.09. The number of amides is 2. The Morgan fingerprint density at radius 2 is 1.55 bits per heavy atom. The lowest BCUT2D eigenvalue weighted by molar-refractivity contribution is -0.140. The molecule has 0 heterocycles. The second-order valence-electron chi connectivity index (χ2n) is 9.41. The van der Waals surface area contributed by atoms with Crippen LogP contribution in [-0.4, -0.2) is 50.9 Å². The number of hydrogen-bond acceptors (Lipinski definition) is 5. The van der Waals surface area contributed by atoms with Crippen LogP contribution >= 0.6 is 11.6 Å². The van der Waals surface area contributed by atoms with Gasteiger partial charge in [-0.1, -0.05) is 55.8 Å². The highest BCUT2D eigenvalue weighted by Gasteiger charge is 2.34. The molecule has 2 amide bonds. The largest absolute Gasteiger partial charge is 0.497 e. The van der Waals surface area contributed by atoms with Crippen LogP contribution in [0, 0.1) is 0 Å². The molecule has 3 rings (SSSR count). The fourth-order valence-corrected chi connectivity index (χ4v) is 5.69. The number of benzene rings is 3. The molecule has 0 aliphatic heterocycles. The van der Waals surface area contributed by atoms with Crippen LogP contribution in [0.25, 0.3) is 0 Å².